The fourth-order valence-corrected chi connectivity index (χ4v) is 6.12. The molecule has 1 saturated heterocycles. The molecule has 0 aromatic heterocycles. The maximum Gasteiger partial charge on any atom is 0.255 e. The molecule has 4 rings (SSSR count). The third kappa shape index (κ3) is 5.34. The highest BCUT2D eigenvalue weighted by Crippen LogP contribution is 2.27. The number of sulfonamides is 1. The van der Waals surface area contributed by atoms with Crippen LogP contribution in [-0.2, 0) is 22.9 Å². The Morgan fingerprint density at radius 3 is 2.59 bits per heavy atom. The minimum Gasteiger partial charge on any atom is -0.322 e. The standard InChI is InChI=1S/C24H31N3O3S.ClH/c1-16-15-20(31(29,30)27-17(2)18-11-13-25-14-12-18)9-10-23(16)26-24(28)22-8-4-6-19-5-3-7-21(19)22;/h4,6,8-10,15,17-18,25,27H,3,5,7,11-14H2,1-2H3,(H,26,28);1H/t17-;/m1./s1. The van der Waals surface area contributed by atoms with Crippen molar-refractivity contribution in [1.29, 1.82) is 0 Å². The normalized spacial score (nSPS) is 17.3. The van der Waals surface area contributed by atoms with E-state index in [1.165, 1.54) is 5.56 Å². The van der Waals surface area contributed by atoms with Crippen LogP contribution in [0.5, 0.6) is 0 Å². The lowest BCUT2D eigenvalue weighted by Gasteiger charge is -2.28. The van der Waals surface area contributed by atoms with Crippen LogP contribution >= 0.6 is 12.4 Å². The van der Waals surface area contributed by atoms with Crippen molar-refractivity contribution in [2.45, 2.75) is 56.9 Å². The van der Waals surface area contributed by atoms with Crippen LogP contribution < -0.4 is 15.4 Å². The molecule has 0 spiro atoms. The minimum absolute atomic E-state index is 0. The second kappa shape index (κ2) is 10.3. The third-order valence-corrected chi connectivity index (χ3v) is 8.14. The van der Waals surface area contributed by atoms with Crippen molar-refractivity contribution in [2.24, 2.45) is 5.92 Å². The van der Waals surface area contributed by atoms with E-state index in [1.54, 1.807) is 18.2 Å². The summed E-state index contributed by atoms with van der Waals surface area (Å²) in [5.41, 5.74) is 4.44. The zero-order valence-corrected chi connectivity index (χ0v) is 20.2. The van der Waals surface area contributed by atoms with Gasteiger partial charge in [0.2, 0.25) is 10.0 Å². The van der Waals surface area contributed by atoms with Gasteiger partial charge < -0.3 is 10.6 Å². The number of anilines is 1. The number of carbonyl (C=O) groups excluding carboxylic acids is 1. The highest BCUT2D eigenvalue weighted by Gasteiger charge is 2.26. The predicted molar refractivity (Wildman–Crippen MR) is 130 cm³/mol. The van der Waals surface area contributed by atoms with Crippen molar-refractivity contribution in [3.63, 3.8) is 0 Å². The Morgan fingerprint density at radius 1 is 1.12 bits per heavy atom. The van der Waals surface area contributed by atoms with E-state index in [0.29, 0.717) is 17.2 Å². The first kappa shape index (κ1) is 24.7. The molecule has 0 bridgehead atoms. The van der Waals surface area contributed by atoms with E-state index in [-0.39, 0.29) is 29.3 Å². The molecule has 0 saturated carbocycles. The topological polar surface area (TPSA) is 87.3 Å². The summed E-state index contributed by atoms with van der Waals surface area (Å²) in [6, 6.07) is 10.6. The Bertz CT molecular complexity index is 1080. The van der Waals surface area contributed by atoms with Gasteiger partial charge in [0, 0.05) is 17.3 Å². The molecule has 0 unspecified atom stereocenters. The largest absolute Gasteiger partial charge is 0.322 e. The van der Waals surface area contributed by atoms with E-state index in [2.05, 4.69) is 21.4 Å². The maximum atomic E-state index is 12.9. The Hall–Kier alpha value is -1.93. The summed E-state index contributed by atoms with van der Waals surface area (Å²) in [7, 11) is -3.62. The van der Waals surface area contributed by atoms with E-state index in [1.807, 2.05) is 26.0 Å². The summed E-state index contributed by atoms with van der Waals surface area (Å²) in [4.78, 5) is 13.1. The fourth-order valence-electron chi connectivity index (χ4n) is 4.72. The molecule has 2 aromatic rings. The lowest BCUT2D eigenvalue weighted by atomic mass is 9.92. The molecule has 1 aliphatic carbocycles. The molecular formula is C24H32ClN3O3S. The fraction of sp³-hybridized carbons (Fsp3) is 0.458. The Morgan fingerprint density at radius 2 is 1.88 bits per heavy atom. The van der Waals surface area contributed by atoms with Crippen LogP contribution in [0.1, 0.15) is 53.2 Å². The summed E-state index contributed by atoms with van der Waals surface area (Å²) in [5.74, 6) is 0.193. The summed E-state index contributed by atoms with van der Waals surface area (Å²) in [6.45, 7) is 5.61. The first-order valence-electron chi connectivity index (χ1n) is 11.1. The van der Waals surface area contributed by atoms with Crippen molar-refractivity contribution >= 4 is 34.0 Å². The number of fused-ring (bicyclic) bond motifs is 1. The zero-order valence-electron chi connectivity index (χ0n) is 18.6. The zero-order chi connectivity index (χ0) is 22.0. The number of hydrogen-bond acceptors (Lipinski definition) is 4. The molecule has 1 heterocycles. The number of amides is 1. The van der Waals surface area contributed by atoms with E-state index >= 15 is 0 Å². The van der Waals surface area contributed by atoms with Crippen LogP contribution in [0.25, 0.3) is 0 Å². The number of hydrogen-bond donors (Lipinski definition) is 3. The molecule has 0 radical (unpaired) electrons. The number of halogens is 1. The number of carbonyl (C=O) groups is 1. The van der Waals surface area contributed by atoms with Crippen LogP contribution in [0.2, 0.25) is 0 Å². The SMILES string of the molecule is Cc1cc(S(=O)(=O)N[C@H](C)C2CCNCC2)ccc1NC(=O)c1cccc2c1CCC2.Cl. The highest BCUT2D eigenvalue weighted by molar-refractivity contribution is 7.89. The van der Waals surface area contributed by atoms with Crippen LogP contribution in [0.4, 0.5) is 5.69 Å². The molecule has 1 fully saturated rings. The smallest absolute Gasteiger partial charge is 0.255 e. The van der Waals surface area contributed by atoms with Gasteiger partial charge in [-0.05, 0) is 106 Å². The highest BCUT2D eigenvalue weighted by atomic mass is 35.5. The van der Waals surface area contributed by atoms with Crippen LogP contribution in [0.3, 0.4) is 0 Å². The summed E-state index contributed by atoms with van der Waals surface area (Å²) in [5, 5.41) is 6.27. The molecular weight excluding hydrogens is 446 g/mol. The second-order valence-corrected chi connectivity index (χ2v) is 10.4. The van der Waals surface area contributed by atoms with Gasteiger partial charge >= 0.3 is 0 Å². The summed E-state index contributed by atoms with van der Waals surface area (Å²) in [6.07, 6.45) is 4.96. The number of rotatable bonds is 6. The second-order valence-electron chi connectivity index (χ2n) is 8.73. The third-order valence-electron chi connectivity index (χ3n) is 6.58. The van der Waals surface area contributed by atoms with Crippen molar-refractivity contribution in [2.75, 3.05) is 18.4 Å². The molecule has 1 amide bonds. The number of aryl methyl sites for hydroxylation is 2. The Labute approximate surface area is 197 Å². The molecule has 32 heavy (non-hydrogen) atoms. The van der Waals surface area contributed by atoms with Gasteiger partial charge in [0.1, 0.15) is 0 Å². The molecule has 8 heteroatoms. The number of benzene rings is 2. The quantitative estimate of drug-likeness (QED) is 0.590. The molecule has 2 aromatic carbocycles. The average molecular weight is 478 g/mol. The Balaban J connectivity index is 0.00000289. The number of piperidine rings is 1. The van der Waals surface area contributed by atoms with Crippen molar-refractivity contribution in [3.05, 3.63) is 58.7 Å². The van der Waals surface area contributed by atoms with Gasteiger partial charge in [0.25, 0.3) is 5.91 Å². The van der Waals surface area contributed by atoms with Gasteiger partial charge in [-0.15, -0.1) is 12.4 Å². The van der Waals surface area contributed by atoms with Gasteiger partial charge in [-0.25, -0.2) is 13.1 Å². The van der Waals surface area contributed by atoms with E-state index in [4.69, 9.17) is 0 Å². The summed E-state index contributed by atoms with van der Waals surface area (Å²) >= 11 is 0. The first-order chi connectivity index (χ1) is 14.8. The monoisotopic (exact) mass is 477 g/mol. The van der Waals surface area contributed by atoms with Crippen LogP contribution in [0, 0.1) is 12.8 Å². The van der Waals surface area contributed by atoms with Crippen molar-refractivity contribution in [3.8, 4) is 0 Å². The molecule has 1 atom stereocenters. The molecule has 174 valence electrons. The first-order valence-corrected chi connectivity index (χ1v) is 12.6. The van der Waals surface area contributed by atoms with E-state index in [0.717, 1.165) is 56.3 Å². The number of nitrogens with one attached hydrogen (secondary N) is 3. The van der Waals surface area contributed by atoms with E-state index < -0.39 is 10.0 Å². The van der Waals surface area contributed by atoms with Crippen molar-refractivity contribution < 1.29 is 13.2 Å². The lowest BCUT2D eigenvalue weighted by molar-refractivity contribution is 0.102. The molecule has 2 aliphatic rings. The van der Waals surface area contributed by atoms with Crippen LogP contribution in [0.15, 0.2) is 41.3 Å². The van der Waals surface area contributed by atoms with Gasteiger partial charge in [-0.3, -0.25) is 4.79 Å². The minimum atomic E-state index is -3.62. The lowest BCUT2D eigenvalue weighted by Crippen LogP contribution is -2.42. The van der Waals surface area contributed by atoms with Gasteiger partial charge in [0.15, 0.2) is 0 Å². The van der Waals surface area contributed by atoms with Gasteiger partial charge in [-0.1, -0.05) is 12.1 Å². The average Bonchev–Trinajstić information content (AvgIpc) is 3.24. The van der Waals surface area contributed by atoms with E-state index in [9.17, 15) is 13.2 Å². The van der Waals surface area contributed by atoms with Gasteiger partial charge in [0.05, 0.1) is 4.90 Å². The van der Waals surface area contributed by atoms with Crippen LogP contribution in [-0.4, -0.2) is 33.5 Å². The molecule has 6 nitrogen and oxygen atoms in total. The molecule has 3 N–H and O–H groups in total. The molecule has 1 aliphatic heterocycles. The van der Waals surface area contributed by atoms with Gasteiger partial charge in [-0.2, -0.15) is 0 Å². The maximum absolute atomic E-state index is 12.9. The Kier molecular flexibility index (Phi) is 7.98. The van der Waals surface area contributed by atoms with Crippen molar-refractivity contribution in [1.82, 2.24) is 10.0 Å². The predicted octanol–water partition coefficient (Wildman–Crippen LogP) is 3.82. The summed E-state index contributed by atoms with van der Waals surface area (Å²) < 4.78 is 28.7.